The van der Waals surface area contributed by atoms with Crippen LogP contribution in [-0.4, -0.2) is 43.5 Å². The summed E-state index contributed by atoms with van der Waals surface area (Å²) >= 11 is 0. The fraction of sp³-hybridized carbons (Fsp3) is 0.533. The number of nitrogens with zero attached hydrogens (tertiary/aromatic N) is 1. The highest BCUT2D eigenvalue weighted by atomic mass is 16.2. The molecule has 1 aromatic rings. The van der Waals surface area contributed by atoms with Crippen LogP contribution >= 0.6 is 0 Å². The summed E-state index contributed by atoms with van der Waals surface area (Å²) in [5.74, 6) is 0.401. The Balaban J connectivity index is 1.43. The quantitative estimate of drug-likeness (QED) is 0.821. The van der Waals surface area contributed by atoms with Gasteiger partial charge in [0.25, 0.3) is 0 Å². The first-order valence-electron chi connectivity index (χ1n) is 7.10. The lowest BCUT2D eigenvalue weighted by atomic mass is 10.00. The lowest BCUT2D eigenvalue weighted by Crippen LogP contribution is -2.51. The molecule has 0 saturated carbocycles. The van der Waals surface area contributed by atoms with Crippen molar-refractivity contribution in [3.05, 3.63) is 35.4 Å². The number of amides is 1. The average molecular weight is 259 g/mol. The van der Waals surface area contributed by atoms with Gasteiger partial charge < -0.3 is 10.6 Å². The second-order valence-electron chi connectivity index (χ2n) is 5.44. The molecule has 0 unspecified atom stereocenters. The summed E-state index contributed by atoms with van der Waals surface area (Å²) < 4.78 is 0. The van der Waals surface area contributed by atoms with Gasteiger partial charge in [0.05, 0.1) is 5.92 Å². The van der Waals surface area contributed by atoms with Crippen LogP contribution in [0.25, 0.3) is 0 Å². The van der Waals surface area contributed by atoms with E-state index in [1.54, 1.807) is 0 Å². The molecule has 1 aromatic carbocycles. The van der Waals surface area contributed by atoms with Crippen molar-refractivity contribution in [3.8, 4) is 0 Å². The first kappa shape index (κ1) is 12.6. The lowest BCUT2D eigenvalue weighted by molar-refractivity contribution is -0.126. The molecule has 4 nitrogen and oxygen atoms in total. The predicted octanol–water partition coefficient (Wildman–Crippen LogP) is 0.380. The summed E-state index contributed by atoms with van der Waals surface area (Å²) in [5.41, 5.74) is 2.91. The molecule has 0 spiro atoms. The number of nitrogens with one attached hydrogen (secondary N) is 2. The van der Waals surface area contributed by atoms with Gasteiger partial charge in [-0.15, -0.1) is 0 Å². The maximum atomic E-state index is 11.7. The molecule has 4 heteroatoms. The number of carbonyl (C=O) groups excluding carboxylic acids is 1. The smallest absolute Gasteiger partial charge is 0.225 e. The summed E-state index contributed by atoms with van der Waals surface area (Å²) in [6.07, 6.45) is 1.12. The molecule has 2 aliphatic heterocycles. The van der Waals surface area contributed by atoms with E-state index in [0.29, 0.717) is 0 Å². The molecular weight excluding hydrogens is 238 g/mol. The van der Waals surface area contributed by atoms with E-state index in [9.17, 15) is 4.79 Å². The molecule has 1 amide bonds. The molecular formula is C15H21N3O. The van der Waals surface area contributed by atoms with Gasteiger partial charge in [0.15, 0.2) is 0 Å². The van der Waals surface area contributed by atoms with Gasteiger partial charge in [-0.1, -0.05) is 24.3 Å². The number of fused-ring (bicyclic) bond motifs is 1. The fourth-order valence-electron chi connectivity index (χ4n) is 2.70. The molecule has 1 saturated heterocycles. The zero-order valence-corrected chi connectivity index (χ0v) is 11.2. The van der Waals surface area contributed by atoms with Crippen molar-refractivity contribution >= 4 is 5.91 Å². The average Bonchev–Trinajstić information content (AvgIpc) is 2.36. The van der Waals surface area contributed by atoms with Gasteiger partial charge >= 0.3 is 0 Å². The number of rotatable bonds is 4. The molecule has 2 heterocycles. The van der Waals surface area contributed by atoms with Crippen LogP contribution < -0.4 is 10.6 Å². The Kier molecular flexibility index (Phi) is 3.80. The standard InChI is InChI=1S/C15H21N3O/c19-15(14-9-16-10-14)17-6-8-18-7-5-12-3-1-2-4-13(12)11-18/h1-4,14,16H,5-11H2,(H,17,19). The number of hydrogen-bond donors (Lipinski definition) is 2. The van der Waals surface area contributed by atoms with Crippen molar-refractivity contribution in [3.63, 3.8) is 0 Å². The highest BCUT2D eigenvalue weighted by Gasteiger charge is 2.24. The van der Waals surface area contributed by atoms with Crippen LogP contribution in [0.5, 0.6) is 0 Å². The van der Waals surface area contributed by atoms with Crippen LogP contribution in [0.4, 0.5) is 0 Å². The normalized spacial score (nSPS) is 19.6. The monoisotopic (exact) mass is 259 g/mol. The Morgan fingerprint density at radius 1 is 1.32 bits per heavy atom. The van der Waals surface area contributed by atoms with Crippen LogP contribution in [0.1, 0.15) is 11.1 Å². The molecule has 0 aromatic heterocycles. The zero-order chi connectivity index (χ0) is 13.1. The minimum absolute atomic E-state index is 0.196. The minimum Gasteiger partial charge on any atom is -0.354 e. The van der Waals surface area contributed by atoms with Crippen LogP contribution in [0, 0.1) is 5.92 Å². The van der Waals surface area contributed by atoms with E-state index < -0.39 is 0 Å². The van der Waals surface area contributed by atoms with Crippen molar-refractivity contribution < 1.29 is 4.79 Å². The Morgan fingerprint density at radius 3 is 2.84 bits per heavy atom. The Morgan fingerprint density at radius 2 is 2.11 bits per heavy atom. The fourth-order valence-corrected chi connectivity index (χ4v) is 2.70. The van der Waals surface area contributed by atoms with E-state index in [1.807, 2.05) is 0 Å². The van der Waals surface area contributed by atoms with Gasteiger partial charge in [-0.05, 0) is 17.5 Å². The molecule has 2 N–H and O–H groups in total. The Labute approximate surface area is 114 Å². The van der Waals surface area contributed by atoms with Crippen molar-refractivity contribution in [2.24, 2.45) is 5.92 Å². The SMILES string of the molecule is O=C(NCCN1CCc2ccccc2C1)C1CNC1. The van der Waals surface area contributed by atoms with Crippen LogP contribution in [0.2, 0.25) is 0 Å². The maximum Gasteiger partial charge on any atom is 0.225 e. The van der Waals surface area contributed by atoms with Crippen LogP contribution in [-0.2, 0) is 17.8 Å². The van der Waals surface area contributed by atoms with Gasteiger partial charge in [0.2, 0.25) is 5.91 Å². The third-order valence-corrected chi connectivity index (χ3v) is 4.09. The van der Waals surface area contributed by atoms with E-state index in [-0.39, 0.29) is 11.8 Å². The third kappa shape index (κ3) is 2.96. The van der Waals surface area contributed by atoms with Crippen molar-refractivity contribution in [2.75, 3.05) is 32.7 Å². The molecule has 102 valence electrons. The number of carbonyl (C=O) groups is 1. The summed E-state index contributed by atoms with van der Waals surface area (Å²) in [4.78, 5) is 14.1. The zero-order valence-electron chi connectivity index (χ0n) is 11.2. The van der Waals surface area contributed by atoms with E-state index >= 15 is 0 Å². The summed E-state index contributed by atoms with van der Waals surface area (Å²) in [5, 5.41) is 6.16. The highest BCUT2D eigenvalue weighted by molar-refractivity contribution is 5.79. The van der Waals surface area contributed by atoms with Gasteiger partial charge in [-0.3, -0.25) is 9.69 Å². The van der Waals surface area contributed by atoms with Crippen molar-refractivity contribution in [2.45, 2.75) is 13.0 Å². The van der Waals surface area contributed by atoms with E-state index in [4.69, 9.17) is 0 Å². The second kappa shape index (κ2) is 5.72. The van der Waals surface area contributed by atoms with Gasteiger partial charge in [0.1, 0.15) is 0 Å². The third-order valence-electron chi connectivity index (χ3n) is 4.09. The van der Waals surface area contributed by atoms with Gasteiger partial charge in [-0.25, -0.2) is 0 Å². The minimum atomic E-state index is 0.196. The van der Waals surface area contributed by atoms with Crippen LogP contribution in [0.15, 0.2) is 24.3 Å². The molecule has 3 rings (SSSR count). The molecule has 0 aliphatic carbocycles. The maximum absolute atomic E-state index is 11.7. The van der Waals surface area contributed by atoms with E-state index in [1.165, 1.54) is 11.1 Å². The Hall–Kier alpha value is -1.39. The first-order valence-corrected chi connectivity index (χ1v) is 7.10. The van der Waals surface area contributed by atoms with Gasteiger partial charge in [0, 0.05) is 39.3 Å². The molecule has 0 bridgehead atoms. The largest absolute Gasteiger partial charge is 0.354 e. The first-order chi connectivity index (χ1) is 9.33. The van der Waals surface area contributed by atoms with E-state index in [2.05, 4.69) is 39.8 Å². The molecule has 0 atom stereocenters. The summed E-state index contributed by atoms with van der Waals surface area (Å²) in [7, 11) is 0. The van der Waals surface area contributed by atoms with E-state index in [0.717, 1.165) is 45.7 Å². The predicted molar refractivity (Wildman–Crippen MR) is 74.8 cm³/mol. The van der Waals surface area contributed by atoms with Crippen molar-refractivity contribution in [1.29, 1.82) is 0 Å². The molecule has 0 radical (unpaired) electrons. The van der Waals surface area contributed by atoms with Crippen LogP contribution in [0.3, 0.4) is 0 Å². The molecule has 1 fully saturated rings. The number of hydrogen-bond acceptors (Lipinski definition) is 3. The van der Waals surface area contributed by atoms with Crippen molar-refractivity contribution in [1.82, 2.24) is 15.5 Å². The highest BCUT2D eigenvalue weighted by Crippen LogP contribution is 2.17. The topological polar surface area (TPSA) is 44.4 Å². The second-order valence-corrected chi connectivity index (χ2v) is 5.44. The molecule has 2 aliphatic rings. The van der Waals surface area contributed by atoms with Gasteiger partial charge in [-0.2, -0.15) is 0 Å². The lowest BCUT2D eigenvalue weighted by Gasteiger charge is -2.30. The Bertz CT molecular complexity index is 456. The summed E-state index contributed by atoms with van der Waals surface area (Å²) in [6, 6.07) is 8.65. The summed E-state index contributed by atoms with van der Waals surface area (Å²) in [6.45, 7) is 5.48. The molecule has 19 heavy (non-hydrogen) atoms. The number of benzene rings is 1.